The molecule has 0 aliphatic carbocycles. The van der Waals surface area contributed by atoms with Gasteiger partial charge in [-0.15, -0.1) is 0 Å². The van der Waals surface area contributed by atoms with Crippen LogP contribution < -0.4 is 10.6 Å². The second-order valence-electron chi connectivity index (χ2n) is 4.77. The molecule has 4 nitrogen and oxygen atoms in total. The number of carbonyl (C=O) groups is 1. The number of hydrogen-bond donors (Lipinski definition) is 2. The third-order valence-corrected chi connectivity index (χ3v) is 3.22. The van der Waals surface area contributed by atoms with Gasteiger partial charge in [0.1, 0.15) is 0 Å². The van der Waals surface area contributed by atoms with Gasteiger partial charge in [-0.05, 0) is 36.8 Å². The molecular formula is C16H15N3O. The van der Waals surface area contributed by atoms with E-state index >= 15 is 0 Å². The monoisotopic (exact) mass is 265 g/mol. The Morgan fingerprint density at radius 3 is 2.80 bits per heavy atom. The van der Waals surface area contributed by atoms with E-state index in [1.165, 1.54) is 0 Å². The van der Waals surface area contributed by atoms with E-state index in [1.807, 2.05) is 49.4 Å². The predicted octanol–water partition coefficient (Wildman–Crippen LogP) is 3.01. The van der Waals surface area contributed by atoms with Gasteiger partial charge < -0.3 is 10.6 Å². The summed E-state index contributed by atoms with van der Waals surface area (Å²) < 4.78 is 0. The molecule has 0 bridgehead atoms. The van der Waals surface area contributed by atoms with E-state index in [2.05, 4.69) is 21.7 Å². The van der Waals surface area contributed by atoms with Gasteiger partial charge in [0.2, 0.25) is 0 Å². The van der Waals surface area contributed by atoms with Crippen molar-refractivity contribution in [1.29, 1.82) is 0 Å². The molecule has 1 aromatic carbocycles. The Bertz CT molecular complexity index is 664. The van der Waals surface area contributed by atoms with Crippen molar-refractivity contribution in [1.82, 2.24) is 15.6 Å². The number of benzene rings is 1. The van der Waals surface area contributed by atoms with Crippen LogP contribution >= 0.6 is 0 Å². The summed E-state index contributed by atoms with van der Waals surface area (Å²) in [4.78, 5) is 15.9. The van der Waals surface area contributed by atoms with Crippen LogP contribution in [0.15, 0.2) is 60.4 Å². The topological polar surface area (TPSA) is 54.0 Å². The molecule has 1 aliphatic heterocycles. The zero-order chi connectivity index (χ0) is 13.9. The number of carbonyl (C=O) groups excluding carboxylic acids is 1. The van der Waals surface area contributed by atoms with Crippen molar-refractivity contribution in [2.45, 2.75) is 13.0 Å². The van der Waals surface area contributed by atoms with E-state index in [0.29, 0.717) is 0 Å². The van der Waals surface area contributed by atoms with E-state index in [9.17, 15) is 4.79 Å². The molecule has 4 heteroatoms. The van der Waals surface area contributed by atoms with Crippen molar-refractivity contribution >= 4 is 6.03 Å². The Labute approximate surface area is 117 Å². The van der Waals surface area contributed by atoms with E-state index in [4.69, 9.17) is 0 Å². The second kappa shape index (κ2) is 5.17. The highest BCUT2D eigenvalue weighted by atomic mass is 16.2. The number of nitrogens with zero attached hydrogens (tertiary/aromatic N) is 1. The normalized spacial score (nSPS) is 17.9. The Hall–Kier alpha value is -2.62. The average molecular weight is 265 g/mol. The number of urea groups is 1. The number of rotatable bonds is 2. The summed E-state index contributed by atoms with van der Waals surface area (Å²) in [6, 6.07) is 13.6. The first kappa shape index (κ1) is 12.4. The molecule has 0 saturated heterocycles. The summed E-state index contributed by atoms with van der Waals surface area (Å²) in [5.74, 6) is 0. The van der Waals surface area contributed by atoms with Crippen molar-refractivity contribution in [2.75, 3.05) is 0 Å². The van der Waals surface area contributed by atoms with Crippen LogP contribution in [0.25, 0.3) is 11.3 Å². The fourth-order valence-corrected chi connectivity index (χ4v) is 2.29. The number of pyridine rings is 1. The van der Waals surface area contributed by atoms with Crippen molar-refractivity contribution in [2.24, 2.45) is 0 Å². The van der Waals surface area contributed by atoms with E-state index in [1.54, 1.807) is 6.20 Å². The molecule has 100 valence electrons. The lowest BCUT2D eigenvalue weighted by atomic mass is 10.0. The lowest BCUT2D eigenvalue weighted by Gasteiger charge is -2.22. The van der Waals surface area contributed by atoms with E-state index in [0.717, 1.165) is 22.5 Å². The standard InChI is InChI=1S/C16H15N3O/c1-11-9-15(19-16(20)18-11)13-6-4-5-12(10-13)14-7-2-3-8-17-14/h2-10,15H,1H3,(H2,18,19,20). The van der Waals surface area contributed by atoms with Gasteiger partial charge in [-0.2, -0.15) is 0 Å². The Morgan fingerprint density at radius 2 is 2.05 bits per heavy atom. The summed E-state index contributed by atoms with van der Waals surface area (Å²) in [5.41, 5.74) is 3.88. The minimum absolute atomic E-state index is 0.104. The molecule has 1 unspecified atom stereocenters. The molecule has 3 rings (SSSR count). The Morgan fingerprint density at radius 1 is 1.15 bits per heavy atom. The van der Waals surface area contributed by atoms with Gasteiger partial charge in [-0.3, -0.25) is 4.98 Å². The maximum absolute atomic E-state index is 11.5. The van der Waals surface area contributed by atoms with E-state index < -0.39 is 0 Å². The molecule has 20 heavy (non-hydrogen) atoms. The number of aromatic nitrogens is 1. The summed E-state index contributed by atoms with van der Waals surface area (Å²) in [6.07, 6.45) is 3.78. The number of hydrogen-bond acceptors (Lipinski definition) is 2. The molecule has 0 saturated carbocycles. The predicted molar refractivity (Wildman–Crippen MR) is 77.8 cm³/mol. The van der Waals surface area contributed by atoms with Crippen LogP contribution in [0.5, 0.6) is 0 Å². The molecule has 1 atom stereocenters. The van der Waals surface area contributed by atoms with Crippen LogP contribution in [0.2, 0.25) is 0 Å². The van der Waals surface area contributed by atoms with Crippen LogP contribution in [0.1, 0.15) is 18.5 Å². The van der Waals surface area contributed by atoms with Crippen molar-refractivity contribution in [3.63, 3.8) is 0 Å². The maximum atomic E-state index is 11.5. The van der Waals surface area contributed by atoms with E-state index in [-0.39, 0.29) is 12.1 Å². The molecule has 2 amide bonds. The fraction of sp³-hybridized carbons (Fsp3) is 0.125. The second-order valence-corrected chi connectivity index (χ2v) is 4.77. The first-order valence-electron chi connectivity index (χ1n) is 6.50. The van der Waals surface area contributed by atoms with Gasteiger partial charge in [0.25, 0.3) is 0 Å². The smallest absolute Gasteiger partial charge is 0.319 e. The van der Waals surface area contributed by atoms with Crippen LogP contribution in [0.3, 0.4) is 0 Å². The molecule has 1 aliphatic rings. The summed E-state index contributed by atoms with van der Waals surface area (Å²) >= 11 is 0. The van der Waals surface area contributed by atoms with Gasteiger partial charge in [0, 0.05) is 17.5 Å². The van der Waals surface area contributed by atoms with Crippen molar-refractivity contribution in [3.8, 4) is 11.3 Å². The van der Waals surface area contributed by atoms with Crippen LogP contribution in [-0.4, -0.2) is 11.0 Å². The minimum Gasteiger partial charge on any atom is -0.327 e. The highest BCUT2D eigenvalue weighted by molar-refractivity contribution is 5.78. The molecule has 2 aromatic rings. The number of nitrogens with one attached hydrogen (secondary N) is 2. The highest BCUT2D eigenvalue weighted by Crippen LogP contribution is 2.24. The zero-order valence-electron chi connectivity index (χ0n) is 11.1. The molecule has 0 radical (unpaired) electrons. The lowest BCUT2D eigenvalue weighted by molar-refractivity contribution is 0.239. The minimum atomic E-state index is -0.168. The third kappa shape index (κ3) is 2.54. The van der Waals surface area contributed by atoms with Gasteiger partial charge >= 0.3 is 6.03 Å². The first-order valence-corrected chi connectivity index (χ1v) is 6.50. The molecule has 0 spiro atoms. The number of amides is 2. The average Bonchev–Trinajstić information content (AvgIpc) is 2.47. The molecule has 2 heterocycles. The quantitative estimate of drug-likeness (QED) is 0.877. The zero-order valence-corrected chi connectivity index (χ0v) is 11.1. The Balaban J connectivity index is 1.96. The summed E-state index contributed by atoms with van der Waals surface area (Å²) in [7, 11) is 0. The maximum Gasteiger partial charge on any atom is 0.319 e. The Kier molecular flexibility index (Phi) is 3.21. The van der Waals surface area contributed by atoms with Crippen LogP contribution in [-0.2, 0) is 0 Å². The van der Waals surface area contributed by atoms with Crippen molar-refractivity contribution < 1.29 is 4.79 Å². The molecule has 2 N–H and O–H groups in total. The largest absolute Gasteiger partial charge is 0.327 e. The summed E-state index contributed by atoms with van der Waals surface area (Å²) in [5, 5.41) is 5.62. The van der Waals surface area contributed by atoms with Crippen LogP contribution in [0.4, 0.5) is 4.79 Å². The molecule has 1 aromatic heterocycles. The SMILES string of the molecule is CC1=CC(c2cccc(-c3ccccn3)c2)NC(=O)N1. The fourth-order valence-electron chi connectivity index (χ4n) is 2.29. The van der Waals surface area contributed by atoms with Gasteiger partial charge in [-0.1, -0.05) is 24.3 Å². The molecular weight excluding hydrogens is 250 g/mol. The summed E-state index contributed by atoms with van der Waals surface area (Å²) in [6.45, 7) is 1.88. The lowest BCUT2D eigenvalue weighted by Crippen LogP contribution is -2.40. The van der Waals surface area contributed by atoms with Crippen LogP contribution in [0, 0.1) is 0 Å². The number of allylic oxidation sites excluding steroid dienone is 1. The van der Waals surface area contributed by atoms with Gasteiger partial charge in [0.05, 0.1) is 11.7 Å². The van der Waals surface area contributed by atoms with Gasteiger partial charge in [-0.25, -0.2) is 4.79 Å². The molecule has 0 fully saturated rings. The first-order chi connectivity index (χ1) is 9.72. The highest BCUT2D eigenvalue weighted by Gasteiger charge is 2.17. The third-order valence-electron chi connectivity index (χ3n) is 3.22. The van der Waals surface area contributed by atoms with Crippen molar-refractivity contribution in [3.05, 3.63) is 66.0 Å². The van der Waals surface area contributed by atoms with Gasteiger partial charge in [0.15, 0.2) is 0 Å².